The summed E-state index contributed by atoms with van der Waals surface area (Å²) in [5, 5.41) is 0. The zero-order chi connectivity index (χ0) is 15.9. The van der Waals surface area contributed by atoms with E-state index in [0.29, 0.717) is 5.56 Å². The van der Waals surface area contributed by atoms with Crippen LogP contribution in [0.15, 0.2) is 23.4 Å². The monoisotopic (exact) mass is 331 g/mol. The molecule has 1 aromatic heterocycles. The number of hydrogen-bond donors (Lipinski definition) is 2. The van der Waals surface area contributed by atoms with Crippen LogP contribution >= 0.6 is 0 Å². The van der Waals surface area contributed by atoms with E-state index in [-0.39, 0.29) is 29.5 Å². The van der Waals surface area contributed by atoms with Crippen LogP contribution in [-0.2, 0) is 19.9 Å². The minimum atomic E-state index is -3.81. The first kappa shape index (κ1) is 17.6. The molecule has 0 unspecified atom stereocenters. The molecule has 0 radical (unpaired) electrons. The lowest BCUT2D eigenvalue weighted by Crippen LogP contribution is -2.29. The summed E-state index contributed by atoms with van der Waals surface area (Å²) >= 11 is 0. The molecule has 1 rings (SSSR count). The number of pyridine rings is 1. The van der Waals surface area contributed by atoms with E-state index < -0.39 is 19.9 Å². The molecule has 0 saturated heterocycles. The lowest BCUT2D eigenvalue weighted by atomic mass is 10.3. The van der Waals surface area contributed by atoms with Gasteiger partial charge in [-0.15, -0.1) is 0 Å². The van der Waals surface area contributed by atoms with Gasteiger partial charge in [0.2, 0.25) is 10.0 Å². The highest BCUT2D eigenvalue weighted by molar-refractivity contribution is 7.91. The first-order chi connectivity index (χ1) is 9.80. The summed E-state index contributed by atoms with van der Waals surface area (Å²) in [6.07, 6.45) is 2.59. The summed E-state index contributed by atoms with van der Waals surface area (Å²) < 4.78 is 48.9. The second kappa shape index (κ2) is 7.51. The maximum atomic E-state index is 12.0. The summed E-state index contributed by atoms with van der Waals surface area (Å²) in [6.45, 7) is 1.48. The van der Waals surface area contributed by atoms with Crippen molar-refractivity contribution in [3.8, 4) is 11.8 Å². The Morgan fingerprint density at radius 2 is 2.00 bits per heavy atom. The molecular weight excluding hydrogens is 314 g/mol. The molecule has 0 bridgehead atoms. The number of aromatic nitrogens is 1. The zero-order valence-corrected chi connectivity index (χ0v) is 13.2. The predicted molar refractivity (Wildman–Crippen MR) is 79.7 cm³/mol. The van der Waals surface area contributed by atoms with E-state index >= 15 is 0 Å². The zero-order valence-electron chi connectivity index (χ0n) is 11.5. The Morgan fingerprint density at radius 3 is 2.62 bits per heavy atom. The van der Waals surface area contributed by atoms with Gasteiger partial charge in [-0.1, -0.05) is 18.8 Å². The molecule has 0 fully saturated rings. The normalized spacial score (nSPS) is 11.7. The summed E-state index contributed by atoms with van der Waals surface area (Å²) in [7, 11) is -7.04. The van der Waals surface area contributed by atoms with Gasteiger partial charge >= 0.3 is 0 Å². The third-order valence-corrected chi connectivity index (χ3v) is 5.64. The average Bonchev–Trinajstić information content (AvgIpc) is 2.45. The van der Waals surface area contributed by atoms with Crippen LogP contribution in [0.4, 0.5) is 0 Å². The fourth-order valence-corrected chi connectivity index (χ4v) is 3.20. The highest BCUT2D eigenvalue weighted by atomic mass is 32.2. The SMILES string of the molecule is CCS(=O)(=O)CCNS(=O)(=O)c1cncc(C#CCN)c1. The van der Waals surface area contributed by atoms with Crippen LogP contribution in [0.3, 0.4) is 0 Å². The lowest BCUT2D eigenvalue weighted by Gasteiger charge is -2.06. The molecule has 0 saturated carbocycles. The van der Waals surface area contributed by atoms with Gasteiger partial charge in [0, 0.05) is 30.3 Å². The molecule has 0 atom stereocenters. The molecule has 1 heterocycles. The van der Waals surface area contributed by atoms with Crippen molar-refractivity contribution in [3.63, 3.8) is 0 Å². The number of nitrogens with one attached hydrogen (secondary N) is 1. The number of hydrogen-bond acceptors (Lipinski definition) is 6. The van der Waals surface area contributed by atoms with Crippen LogP contribution in [0.5, 0.6) is 0 Å². The molecule has 9 heteroatoms. The summed E-state index contributed by atoms with van der Waals surface area (Å²) in [5.74, 6) is 5.00. The van der Waals surface area contributed by atoms with E-state index in [9.17, 15) is 16.8 Å². The highest BCUT2D eigenvalue weighted by Gasteiger charge is 2.16. The van der Waals surface area contributed by atoms with Gasteiger partial charge in [-0.2, -0.15) is 0 Å². The number of sulfonamides is 1. The summed E-state index contributed by atoms with van der Waals surface area (Å²) in [4.78, 5) is 3.73. The molecule has 1 aromatic rings. The fourth-order valence-electron chi connectivity index (χ4n) is 1.35. The van der Waals surface area contributed by atoms with E-state index in [1.54, 1.807) is 0 Å². The number of sulfone groups is 1. The van der Waals surface area contributed by atoms with Gasteiger partial charge in [0.1, 0.15) is 4.90 Å². The fraction of sp³-hybridized carbons (Fsp3) is 0.417. The van der Waals surface area contributed by atoms with Crippen LogP contribution < -0.4 is 10.5 Å². The number of rotatable bonds is 6. The van der Waals surface area contributed by atoms with Gasteiger partial charge in [-0.05, 0) is 6.07 Å². The van der Waals surface area contributed by atoms with Crippen molar-refractivity contribution in [2.75, 3.05) is 24.6 Å². The molecular formula is C12H17N3O4S2. The topological polar surface area (TPSA) is 119 Å². The molecule has 21 heavy (non-hydrogen) atoms. The van der Waals surface area contributed by atoms with Crippen molar-refractivity contribution in [2.24, 2.45) is 5.73 Å². The minimum absolute atomic E-state index is 0.0273. The van der Waals surface area contributed by atoms with Gasteiger partial charge in [-0.3, -0.25) is 4.98 Å². The van der Waals surface area contributed by atoms with Gasteiger partial charge in [0.15, 0.2) is 9.84 Å². The smallest absolute Gasteiger partial charge is 0.242 e. The predicted octanol–water partition coefficient (Wildman–Crippen LogP) is -0.895. The minimum Gasteiger partial charge on any atom is -0.320 e. The summed E-state index contributed by atoms with van der Waals surface area (Å²) in [6, 6.07) is 1.35. The van der Waals surface area contributed by atoms with Crippen LogP contribution in [0, 0.1) is 11.8 Å². The second-order valence-electron chi connectivity index (χ2n) is 4.05. The van der Waals surface area contributed by atoms with Crippen molar-refractivity contribution < 1.29 is 16.8 Å². The van der Waals surface area contributed by atoms with Crippen molar-refractivity contribution in [1.29, 1.82) is 0 Å². The molecule has 0 aliphatic heterocycles. The molecule has 0 amide bonds. The number of nitrogens with zero attached hydrogens (tertiary/aromatic N) is 1. The van der Waals surface area contributed by atoms with Crippen molar-refractivity contribution in [1.82, 2.24) is 9.71 Å². The van der Waals surface area contributed by atoms with Crippen molar-refractivity contribution in [3.05, 3.63) is 24.0 Å². The third-order valence-electron chi connectivity index (χ3n) is 2.50. The Morgan fingerprint density at radius 1 is 1.29 bits per heavy atom. The Labute approximate surface area is 124 Å². The Bertz CT molecular complexity index is 746. The van der Waals surface area contributed by atoms with Gasteiger partial charge < -0.3 is 5.73 Å². The Kier molecular flexibility index (Phi) is 6.29. The highest BCUT2D eigenvalue weighted by Crippen LogP contribution is 2.08. The van der Waals surface area contributed by atoms with Gasteiger partial charge in [-0.25, -0.2) is 21.6 Å². The van der Waals surface area contributed by atoms with Crippen LogP contribution in [-0.4, -0.2) is 46.4 Å². The van der Waals surface area contributed by atoms with Crippen LogP contribution in [0.1, 0.15) is 12.5 Å². The van der Waals surface area contributed by atoms with Crippen LogP contribution in [0.2, 0.25) is 0 Å². The van der Waals surface area contributed by atoms with Crippen molar-refractivity contribution in [2.45, 2.75) is 11.8 Å². The van der Waals surface area contributed by atoms with E-state index in [1.165, 1.54) is 25.4 Å². The number of nitrogens with two attached hydrogens (primary N) is 1. The maximum absolute atomic E-state index is 12.0. The first-order valence-electron chi connectivity index (χ1n) is 6.15. The average molecular weight is 331 g/mol. The van der Waals surface area contributed by atoms with E-state index in [2.05, 4.69) is 21.5 Å². The van der Waals surface area contributed by atoms with Gasteiger partial charge in [0.25, 0.3) is 0 Å². The Balaban J connectivity index is 2.84. The second-order valence-corrected chi connectivity index (χ2v) is 8.29. The van der Waals surface area contributed by atoms with E-state index in [4.69, 9.17) is 5.73 Å². The molecule has 7 nitrogen and oxygen atoms in total. The maximum Gasteiger partial charge on any atom is 0.242 e. The van der Waals surface area contributed by atoms with Crippen LogP contribution in [0.25, 0.3) is 0 Å². The van der Waals surface area contributed by atoms with E-state index in [1.807, 2.05) is 0 Å². The lowest BCUT2D eigenvalue weighted by molar-refractivity contribution is 0.581. The summed E-state index contributed by atoms with van der Waals surface area (Å²) in [5.41, 5.74) is 5.66. The Hall–Kier alpha value is -1.47. The quantitative estimate of drug-likeness (QED) is 0.652. The largest absolute Gasteiger partial charge is 0.320 e. The third kappa shape index (κ3) is 5.81. The molecule has 0 aliphatic carbocycles. The molecule has 0 aliphatic rings. The molecule has 0 aromatic carbocycles. The van der Waals surface area contributed by atoms with Gasteiger partial charge in [0.05, 0.1) is 12.3 Å². The molecule has 116 valence electrons. The molecule has 0 spiro atoms. The van der Waals surface area contributed by atoms with E-state index in [0.717, 1.165) is 0 Å². The standard InChI is InChI=1S/C12H17N3O4S2/c1-2-20(16,17)7-6-15-21(18,19)12-8-11(4-3-5-13)9-14-10-12/h8-10,15H,2,5-7,13H2,1H3. The molecule has 3 N–H and O–H groups in total. The first-order valence-corrected chi connectivity index (χ1v) is 9.45. The van der Waals surface area contributed by atoms with Crippen molar-refractivity contribution >= 4 is 19.9 Å².